The number of esters is 4. The molecule has 0 saturated carbocycles. The smallest absolute Gasteiger partial charge is 0.462 e. The zero-order valence-electron chi connectivity index (χ0n) is 58.6. The van der Waals surface area contributed by atoms with Gasteiger partial charge in [0.25, 0.3) is 0 Å². The molecule has 0 fully saturated rings. The monoisotopic (exact) mass is 1330 g/mol. The van der Waals surface area contributed by atoms with Gasteiger partial charge in [-0.2, -0.15) is 0 Å². The summed E-state index contributed by atoms with van der Waals surface area (Å²) in [4.78, 5) is 72.5. The molecule has 2 unspecified atom stereocenters. The van der Waals surface area contributed by atoms with Gasteiger partial charge in [0, 0.05) is 25.7 Å². The predicted octanol–water partition coefficient (Wildman–Crippen LogP) is 20.3. The van der Waals surface area contributed by atoms with Crippen molar-refractivity contribution in [2.24, 2.45) is 11.8 Å². The Balaban J connectivity index is 5.26. The van der Waals surface area contributed by atoms with E-state index in [4.69, 9.17) is 37.0 Å². The minimum absolute atomic E-state index is 0.100. The Morgan fingerprint density at radius 1 is 0.341 bits per heavy atom. The van der Waals surface area contributed by atoms with Gasteiger partial charge in [0.1, 0.15) is 19.3 Å². The van der Waals surface area contributed by atoms with Gasteiger partial charge in [-0.1, -0.05) is 291 Å². The minimum Gasteiger partial charge on any atom is -0.462 e. The van der Waals surface area contributed by atoms with E-state index in [0.717, 1.165) is 115 Å². The number of carbonyl (C=O) groups excluding carboxylic acids is 4. The lowest BCUT2D eigenvalue weighted by Gasteiger charge is -2.21. The van der Waals surface area contributed by atoms with Gasteiger partial charge in [-0.3, -0.25) is 37.3 Å². The molecule has 0 amide bonds. The van der Waals surface area contributed by atoms with E-state index in [0.29, 0.717) is 31.6 Å². The summed E-state index contributed by atoms with van der Waals surface area (Å²) in [5.74, 6) is -0.668. The van der Waals surface area contributed by atoms with Crippen LogP contribution in [-0.4, -0.2) is 96.7 Å². The van der Waals surface area contributed by atoms with E-state index in [1.165, 1.54) is 141 Å². The molecule has 0 aliphatic carbocycles. The van der Waals surface area contributed by atoms with Crippen LogP contribution in [-0.2, 0) is 65.4 Å². The topological polar surface area (TPSA) is 237 Å². The molecule has 0 spiro atoms. The van der Waals surface area contributed by atoms with Crippen molar-refractivity contribution >= 4 is 39.5 Å². The summed E-state index contributed by atoms with van der Waals surface area (Å²) in [6, 6.07) is 0. The number of carbonyl (C=O) groups is 4. The lowest BCUT2D eigenvalue weighted by Crippen LogP contribution is -2.30. The number of rotatable bonds is 69. The highest BCUT2D eigenvalue weighted by Gasteiger charge is 2.30. The highest BCUT2D eigenvalue weighted by atomic mass is 31.2. The van der Waals surface area contributed by atoms with E-state index >= 15 is 0 Å². The average Bonchev–Trinajstić information content (AvgIpc) is 3.70. The second-order valence-corrected chi connectivity index (χ2v) is 29.2. The first-order valence-electron chi connectivity index (χ1n) is 36.8. The molecule has 536 valence electrons. The predicted molar refractivity (Wildman–Crippen MR) is 367 cm³/mol. The van der Waals surface area contributed by atoms with Gasteiger partial charge in [-0.15, -0.1) is 0 Å². The normalized spacial score (nSPS) is 14.3. The molecule has 0 rings (SSSR count). The molecule has 0 aliphatic heterocycles. The molecular formula is C72H136O17P2. The van der Waals surface area contributed by atoms with Crippen LogP contribution >= 0.6 is 15.6 Å². The van der Waals surface area contributed by atoms with E-state index < -0.39 is 97.5 Å². The first-order chi connectivity index (χ1) is 43.9. The summed E-state index contributed by atoms with van der Waals surface area (Å²) in [7, 11) is -9.91. The first kappa shape index (κ1) is 88.5. The summed E-state index contributed by atoms with van der Waals surface area (Å²) in [5.41, 5.74) is 0. The number of allylic oxidation sites excluding steroid dienone is 4. The van der Waals surface area contributed by atoms with E-state index in [9.17, 15) is 43.2 Å². The van der Waals surface area contributed by atoms with Gasteiger partial charge in [0.2, 0.25) is 0 Å². The van der Waals surface area contributed by atoms with Crippen LogP contribution in [0.2, 0.25) is 0 Å². The van der Waals surface area contributed by atoms with E-state index in [2.05, 4.69) is 65.8 Å². The molecule has 0 aromatic carbocycles. The van der Waals surface area contributed by atoms with Crippen molar-refractivity contribution in [2.75, 3.05) is 39.6 Å². The summed E-state index contributed by atoms with van der Waals surface area (Å²) >= 11 is 0. The van der Waals surface area contributed by atoms with Crippen molar-refractivity contribution in [1.82, 2.24) is 0 Å². The molecule has 5 atom stereocenters. The second-order valence-electron chi connectivity index (χ2n) is 26.2. The number of aliphatic hydroxyl groups is 1. The van der Waals surface area contributed by atoms with Gasteiger partial charge in [-0.25, -0.2) is 9.13 Å². The number of hydrogen-bond acceptors (Lipinski definition) is 15. The van der Waals surface area contributed by atoms with Gasteiger partial charge < -0.3 is 33.8 Å². The fourth-order valence-electron chi connectivity index (χ4n) is 10.4. The van der Waals surface area contributed by atoms with Crippen LogP contribution in [0.5, 0.6) is 0 Å². The SMILES string of the molecule is CCCCCC/C=C\C=C/CCCCCCCC(=O)OC[C@H](COP(=O)(O)OC[C@@H](O)COP(=O)(O)OC[C@@H](COC(=O)CCCCCCCCCCC)OC(=O)CCCCCCCCCC(C)C)OC(=O)CCCCCCCCCCCCCCCCC(C)C. The number of ether oxygens (including phenoxy) is 4. The van der Waals surface area contributed by atoms with Gasteiger partial charge >= 0.3 is 39.5 Å². The average molecular weight is 1340 g/mol. The maximum Gasteiger partial charge on any atom is 0.472 e. The number of phosphoric acid groups is 2. The summed E-state index contributed by atoms with van der Waals surface area (Å²) in [6.07, 6.45) is 52.3. The highest BCUT2D eigenvalue weighted by Crippen LogP contribution is 2.45. The van der Waals surface area contributed by atoms with Crippen LogP contribution in [0.1, 0.15) is 343 Å². The van der Waals surface area contributed by atoms with Gasteiger partial charge in [-0.05, 0) is 63.2 Å². The maximum atomic E-state index is 13.0. The number of phosphoric ester groups is 2. The molecule has 0 aromatic heterocycles. The second kappa shape index (κ2) is 63.6. The van der Waals surface area contributed by atoms with E-state index in [1.807, 2.05) is 0 Å². The zero-order chi connectivity index (χ0) is 67.2. The lowest BCUT2D eigenvalue weighted by molar-refractivity contribution is -0.161. The van der Waals surface area contributed by atoms with Crippen molar-refractivity contribution in [1.29, 1.82) is 0 Å². The number of hydrogen-bond donors (Lipinski definition) is 3. The third-order valence-corrected chi connectivity index (χ3v) is 18.0. The molecule has 0 saturated heterocycles. The van der Waals surface area contributed by atoms with Crippen LogP contribution in [0.15, 0.2) is 24.3 Å². The maximum absolute atomic E-state index is 13.0. The molecular weight excluding hydrogens is 1200 g/mol. The first-order valence-corrected chi connectivity index (χ1v) is 39.8. The molecule has 19 heteroatoms. The van der Waals surface area contributed by atoms with Crippen molar-refractivity contribution < 1.29 is 80.2 Å². The molecule has 0 heterocycles. The molecule has 17 nitrogen and oxygen atoms in total. The largest absolute Gasteiger partial charge is 0.472 e. The quantitative estimate of drug-likeness (QED) is 0.0169. The Morgan fingerprint density at radius 2 is 0.593 bits per heavy atom. The Morgan fingerprint density at radius 3 is 0.901 bits per heavy atom. The molecule has 91 heavy (non-hydrogen) atoms. The van der Waals surface area contributed by atoms with Crippen LogP contribution in [0.25, 0.3) is 0 Å². The van der Waals surface area contributed by atoms with Crippen LogP contribution in [0.3, 0.4) is 0 Å². The zero-order valence-corrected chi connectivity index (χ0v) is 60.4. The minimum atomic E-state index is -4.96. The lowest BCUT2D eigenvalue weighted by atomic mass is 10.0. The van der Waals surface area contributed by atoms with Crippen LogP contribution < -0.4 is 0 Å². The van der Waals surface area contributed by atoms with E-state index in [-0.39, 0.29) is 25.7 Å². The van der Waals surface area contributed by atoms with Gasteiger partial charge in [0.15, 0.2) is 12.2 Å². The number of aliphatic hydroxyl groups excluding tert-OH is 1. The summed E-state index contributed by atoms with van der Waals surface area (Å²) in [5, 5.41) is 10.6. The fraction of sp³-hybridized carbons (Fsp3) is 0.889. The third kappa shape index (κ3) is 66.0. The Labute approximate surface area is 554 Å². The van der Waals surface area contributed by atoms with Crippen molar-refractivity contribution in [3.63, 3.8) is 0 Å². The van der Waals surface area contributed by atoms with Crippen LogP contribution in [0, 0.1) is 11.8 Å². The summed E-state index contributed by atoms with van der Waals surface area (Å²) in [6.45, 7) is 9.43. The molecule has 3 N–H and O–H groups in total. The molecule has 0 aromatic rings. The standard InChI is InChI=1S/C72H136O17P2/c1-7-9-11-13-15-17-18-19-20-24-27-31-37-43-49-55-70(75)83-60-67(88-71(76)56-50-44-38-32-28-25-22-21-23-26-30-34-40-46-52-64(3)4)62-86-90(78,79)84-58-66(73)59-85-91(80,81)87-63-68(61-82-69(74)54-48-42-36-29-16-14-12-10-8-2)89-72(77)57-51-45-39-33-35-41-47-53-65(5)6/h17-20,64-68,73H,7-16,21-63H2,1-6H3,(H,78,79)(H,80,81)/b18-17-,20-19-/t66-,67-,68-/m1/s1. The van der Waals surface area contributed by atoms with Gasteiger partial charge in [0.05, 0.1) is 26.4 Å². The Kier molecular flexibility index (Phi) is 61.9. The van der Waals surface area contributed by atoms with Crippen molar-refractivity contribution in [3.05, 3.63) is 24.3 Å². The molecule has 0 bridgehead atoms. The van der Waals surface area contributed by atoms with Crippen LogP contribution in [0.4, 0.5) is 0 Å². The van der Waals surface area contributed by atoms with Crippen molar-refractivity contribution in [2.45, 2.75) is 362 Å². The van der Waals surface area contributed by atoms with E-state index in [1.54, 1.807) is 0 Å². The Bertz CT molecular complexity index is 1860. The molecule has 0 aliphatic rings. The molecule has 0 radical (unpaired) electrons. The highest BCUT2D eigenvalue weighted by molar-refractivity contribution is 7.47. The number of unbranched alkanes of at least 4 members (excludes halogenated alkanes) is 36. The third-order valence-electron chi connectivity index (χ3n) is 16.1. The Hall–Kier alpha value is -2.46. The summed E-state index contributed by atoms with van der Waals surface area (Å²) < 4.78 is 68.2. The fourth-order valence-corrected chi connectivity index (χ4v) is 12.0. The van der Waals surface area contributed by atoms with Crippen molar-refractivity contribution in [3.8, 4) is 0 Å².